The van der Waals surface area contributed by atoms with Gasteiger partial charge in [0.2, 0.25) is 27.7 Å². The molecule has 0 aliphatic rings. The first-order chi connectivity index (χ1) is 26.9. The molecular formula is C37H67N3O15S2. The highest BCUT2D eigenvalue weighted by molar-refractivity contribution is 7.90. The van der Waals surface area contributed by atoms with E-state index >= 15 is 0 Å². The Morgan fingerprint density at radius 2 is 1.09 bits per heavy atom. The number of hydrogen-bond acceptors (Lipinski definition) is 12. The second kappa shape index (κ2) is 32.7. The van der Waals surface area contributed by atoms with Crippen LogP contribution < -0.4 is 15.4 Å². The van der Waals surface area contributed by atoms with Gasteiger partial charge >= 0.3 is 11.9 Å². The summed E-state index contributed by atoms with van der Waals surface area (Å²) in [6.07, 6.45) is 14.4. The zero-order valence-corrected chi connectivity index (χ0v) is 35.1. The quantitative estimate of drug-likeness (QED) is 0.0381. The lowest BCUT2D eigenvalue weighted by Gasteiger charge is -2.13. The number of Topliss-reactive ketones (excluding diaryl/α,β-unsaturated/α-hetero) is 1. The van der Waals surface area contributed by atoms with Crippen LogP contribution in [0.25, 0.3) is 0 Å². The fraction of sp³-hybridized carbons (Fsp3) is 0.838. The van der Waals surface area contributed by atoms with E-state index in [1.165, 1.54) is 32.6 Å². The number of carbonyl (C=O) groups excluding carboxylic acids is 4. The predicted molar refractivity (Wildman–Crippen MR) is 211 cm³/mol. The molecule has 0 saturated heterocycles. The molecule has 18 nitrogen and oxygen atoms in total. The third kappa shape index (κ3) is 35.7. The highest BCUT2D eigenvalue weighted by Crippen LogP contribution is 2.15. The van der Waals surface area contributed by atoms with Crippen LogP contribution in [0.15, 0.2) is 0 Å². The minimum absolute atomic E-state index is 0.0237. The van der Waals surface area contributed by atoms with Gasteiger partial charge in [0.15, 0.2) is 5.78 Å². The van der Waals surface area contributed by atoms with Crippen LogP contribution in [0.1, 0.15) is 142 Å². The van der Waals surface area contributed by atoms with E-state index in [2.05, 4.69) is 15.4 Å². The van der Waals surface area contributed by atoms with Crippen LogP contribution in [-0.2, 0) is 58.4 Å². The molecule has 0 bridgehead atoms. The van der Waals surface area contributed by atoms with Gasteiger partial charge in [-0.3, -0.25) is 38.0 Å². The third-order valence-electron chi connectivity index (χ3n) is 8.89. The van der Waals surface area contributed by atoms with Crippen LogP contribution in [-0.4, -0.2) is 118 Å². The summed E-state index contributed by atoms with van der Waals surface area (Å²) in [5.74, 6) is -6.22. The second-order valence-corrected chi connectivity index (χ2v) is 17.7. The van der Waals surface area contributed by atoms with Gasteiger partial charge in [0, 0.05) is 32.2 Å². The molecule has 0 heterocycles. The van der Waals surface area contributed by atoms with E-state index in [0.717, 1.165) is 57.8 Å². The third-order valence-corrected chi connectivity index (χ3v) is 11.1. The molecule has 6 N–H and O–H groups in total. The Morgan fingerprint density at radius 3 is 1.61 bits per heavy atom. The molecule has 3 amide bonds. The lowest BCUT2D eigenvalue weighted by atomic mass is 9.97. The standard InChI is InChI=1S/C37H67N3O15S2/c1-30(36(45)46)39-34(43)21-20-31(37(47)48)28-32(41)29-55-25-24-54-23-22-38-33(42)19-17-26-56(49,50)40-35(44)18-15-13-11-9-7-5-3-2-4-6-8-10-12-14-16-27-57(51,52)53/h30-31H,2-29H2,1H3,(H,38,42)(H,39,43)(H,40,44)(H,45,46)(H,47,48)(H,51,52,53)/t30-,31-/m1/s1. The molecule has 0 aromatic rings. The molecule has 0 aliphatic carbocycles. The molecule has 0 radical (unpaired) electrons. The minimum atomic E-state index is -3.86. The Bertz CT molecular complexity index is 1410. The monoisotopic (exact) mass is 857 g/mol. The summed E-state index contributed by atoms with van der Waals surface area (Å²) in [5, 5.41) is 23.0. The zero-order valence-electron chi connectivity index (χ0n) is 33.5. The molecule has 0 aromatic heterocycles. The maximum Gasteiger partial charge on any atom is 0.325 e. The molecule has 0 rings (SSSR count). The van der Waals surface area contributed by atoms with Crippen LogP contribution in [0.5, 0.6) is 0 Å². The number of ether oxygens (including phenoxy) is 2. The number of carbonyl (C=O) groups is 6. The number of sulfonamides is 1. The Labute approximate surface area is 338 Å². The first-order valence-electron chi connectivity index (χ1n) is 20.1. The molecular weight excluding hydrogens is 791 g/mol. The summed E-state index contributed by atoms with van der Waals surface area (Å²) >= 11 is 0. The van der Waals surface area contributed by atoms with Crippen molar-refractivity contribution in [2.75, 3.05) is 44.5 Å². The van der Waals surface area contributed by atoms with E-state index in [1.807, 2.05) is 0 Å². The van der Waals surface area contributed by atoms with E-state index in [1.54, 1.807) is 0 Å². The molecule has 332 valence electrons. The molecule has 0 unspecified atom stereocenters. The molecule has 20 heteroatoms. The number of rotatable bonds is 39. The van der Waals surface area contributed by atoms with Crippen molar-refractivity contribution in [2.45, 2.75) is 148 Å². The van der Waals surface area contributed by atoms with E-state index in [-0.39, 0.29) is 88.9 Å². The van der Waals surface area contributed by atoms with Gasteiger partial charge in [-0.1, -0.05) is 83.5 Å². The smallest absolute Gasteiger partial charge is 0.325 e. The number of ketones is 1. The van der Waals surface area contributed by atoms with Crippen molar-refractivity contribution in [1.29, 1.82) is 0 Å². The van der Waals surface area contributed by atoms with Gasteiger partial charge in [-0.25, -0.2) is 8.42 Å². The number of nitrogens with one attached hydrogen (secondary N) is 3. The number of unbranched alkanes of at least 4 members (excludes halogenated alkanes) is 14. The number of carboxylic acid groups (broad SMARTS) is 2. The fourth-order valence-electron chi connectivity index (χ4n) is 5.65. The molecule has 57 heavy (non-hydrogen) atoms. The van der Waals surface area contributed by atoms with Gasteiger partial charge in [0.25, 0.3) is 10.1 Å². The molecule has 0 aliphatic heterocycles. The molecule has 0 aromatic carbocycles. The summed E-state index contributed by atoms with van der Waals surface area (Å²) < 4.78 is 67.1. The molecule has 0 spiro atoms. The summed E-state index contributed by atoms with van der Waals surface area (Å²) in [4.78, 5) is 70.3. The predicted octanol–water partition coefficient (Wildman–Crippen LogP) is 3.52. The van der Waals surface area contributed by atoms with Crippen LogP contribution in [0.2, 0.25) is 0 Å². The maximum absolute atomic E-state index is 12.2. The van der Waals surface area contributed by atoms with Crippen LogP contribution in [0, 0.1) is 5.92 Å². The average molecular weight is 858 g/mol. The van der Waals surface area contributed by atoms with Crippen LogP contribution in [0.4, 0.5) is 0 Å². The van der Waals surface area contributed by atoms with E-state index in [9.17, 15) is 50.7 Å². The topological polar surface area (TPSA) is 286 Å². The number of aliphatic carboxylic acids is 2. The Balaban J connectivity index is 3.78. The van der Waals surface area contributed by atoms with Crippen LogP contribution >= 0.6 is 0 Å². The zero-order chi connectivity index (χ0) is 43.0. The van der Waals surface area contributed by atoms with E-state index < -0.39 is 61.6 Å². The first-order valence-corrected chi connectivity index (χ1v) is 23.3. The molecule has 0 saturated carbocycles. The lowest BCUT2D eigenvalue weighted by molar-refractivity contribution is -0.145. The average Bonchev–Trinajstić information content (AvgIpc) is 3.11. The largest absolute Gasteiger partial charge is 0.481 e. The maximum atomic E-state index is 12.2. The minimum Gasteiger partial charge on any atom is -0.481 e. The highest BCUT2D eigenvalue weighted by atomic mass is 32.2. The number of hydrogen-bond donors (Lipinski definition) is 6. The van der Waals surface area contributed by atoms with Crippen molar-refractivity contribution >= 4 is 55.6 Å². The van der Waals surface area contributed by atoms with Gasteiger partial charge < -0.3 is 30.3 Å². The Hall–Kier alpha value is -3.20. The summed E-state index contributed by atoms with van der Waals surface area (Å²) in [6.45, 7) is 1.29. The summed E-state index contributed by atoms with van der Waals surface area (Å²) in [7, 11) is -7.70. The van der Waals surface area contributed by atoms with Crippen molar-refractivity contribution in [1.82, 2.24) is 15.4 Å². The Morgan fingerprint density at radius 1 is 0.579 bits per heavy atom. The van der Waals surface area contributed by atoms with Gasteiger partial charge in [0.1, 0.15) is 12.6 Å². The van der Waals surface area contributed by atoms with Crippen molar-refractivity contribution < 1.29 is 69.8 Å². The Kier molecular flexibility index (Phi) is 30.9. The van der Waals surface area contributed by atoms with E-state index in [4.69, 9.17) is 19.1 Å². The van der Waals surface area contributed by atoms with Gasteiger partial charge in [-0.15, -0.1) is 0 Å². The number of carboxylic acids is 2. The normalized spacial score (nSPS) is 12.7. The first kappa shape index (κ1) is 53.8. The van der Waals surface area contributed by atoms with Crippen LogP contribution in [0.3, 0.4) is 0 Å². The highest BCUT2D eigenvalue weighted by Gasteiger charge is 2.23. The van der Waals surface area contributed by atoms with E-state index in [0.29, 0.717) is 12.8 Å². The molecule has 2 atom stereocenters. The fourth-order valence-corrected chi connectivity index (χ4v) is 7.29. The van der Waals surface area contributed by atoms with Crippen molar-refractivity contribution in [3.8, 4) is 0 Å². The van der Waals surface area contributed by atoms with Crippen molar-refractivity contribution in [2.24, 2.45) is 5.92 Å². The lowest BCUT2D eigenvalue weighted by Crippen LogP contribution is -2.38. The summed E-state index contributed by atoms with van der Waals surface area (Å²) in [6, 6.07) is -1.12. The SMILES string of the molecule is C[C@@H](NC(=O)CC[C@H](CC(=O)COCCOCCNC(=O)CCCS(=O)(=O)NC(=O)CCCCCCCCCCCCCCCCCS(=O)(=O)O)C(=O)O)C(=O)O. The molecule has 0 fully saturated rings. The number of amides is 3. The van der Waals surface area contributed by atoms with Crippen molar-refractivity contribution in [3.05, 3.63) is 0 Å². The van der Waals surface area contributed by atoms with Crippen molar-refractivity contribution in [3.63, 3.8) is 0 Å². The summed E-state index contributed by atoms with van der Waals surface area (Å²) in [5.41, 5.74) is 0. The van der Waals surface area contributed by atoms with Gasteiger partial charge in [-0.05, 0) is 32.6 Å². The van der Waals surface area contributed by atoms with Gasteiger partial charge in [-0.2, -0.15) is 8.42 Å². The second-order valence-electron chi connectivity index (χ2n) is 14.2. The van der Waals surface area contributed by atoms with Gasteiger partial charge in [0.05, 0.1) is 37.2 Å².